The van der Waals surface area contributed by atoms with E-state index in [-0.39, 0.29) is 0 Å². The first-order valence-corrected chi connectivity index (χ1v) is 14.7. The molecule has 0 bridgehead atoms. The summed E-state index contributed by atoms with van der Waals surface area (Å²) in [5.41, 5.74) is 7.80. The van der Waals surface area contributed by atoms with Crippen molar-refractivity contribution >= 4 is 24.3 Å². The molecule has 0 heteroatoms. The molecule has 0 aromatic heterocycles. The van der Waals surface area contributed by atoms with Gasteiger partial charge in [0.05, 0.1) is 0 Å². The fourth-order valence-electron chi connectivity index (χ4n) is 4.49. The van der Waals surface area contributed by atoms with Gasteiger partial charge in [0, 0.05) is 0 Å². The third-order valence-electron chi connectivity index (χ3n) is 6.91. The normalized spacial score (nSPS) is 12.1. The van der Waals surface area contributed by atoms with E-state index in [9.17, 15) is 0 Å². The van der Waals surface area contributed by atoms with Gasteiger partial charge in [-0.1, -0.05) is 174 Å². The highest BCUT2D eigenvalue weighted by atomic mass is 14.0. The first kappa shape index (κ1) is 29.2. The number of hydrogen-bond donors (Lipinski definition) is 0. The van der Waals surface area contributed by atoms with Crippen molar-refractivity contribution in [3.63, 3.8) is 0 Å². The second-order valence-electron chi connectivity index (χ2n) is 10.2. The van der Waals surface area contributed by atoms with Gasteiger partial charge < -0.3 is 0 Å². The molecule has 0 unspecified atom stereocenters. The number of hydrogen-bond acceptors (Lipinski definition) is 0. The Morgan fingerprint density at radius 1 is 0.368 bits per heavy atom. The molecule has 3 aromatic rings. The van der Waals surface area contributed by atoms with Crippen LogP contribution in [0.2, 0.25) is 0 Å². The van der Waals surface area contributed by atoms with E-state index in [4.69, 9.17) is 0 Å². The molecule has 0 radical (unpaired) electrons. The van der Waals surface area contributed by atoms with Crippen LogP contribution in [-0.2, 0) is 12.8 Å². The molecular formula is C38H46. The number of aryl methyl sites for hydroxylation is 2. The van der Waals surface area contributed by atoms with Gasteiger partial charge in [-0.3, -0.25) is 0 Å². The molecule has 0 fully saturated rings. The van der Waals surface area contributed by atoms with E-state index in [1.165, 1.54) is 97.6 Å². The SMILES string of the molecule is CCCCCCc1ccc(/C=C/C=C/c2ccc(/C=C/C=C/c3ccc(CCCCCC)cc3)cc2)cc1. The lowest BCUT2D eigenvalue weighted by atomic mass is 10.0. The third kappa shape index (κ3) is 11.8. The minimum absolute atomic E-state index is 1.19. The summed E-state index contributed by atoms with van der Waals surface area (Å²) in [4.78, 5) is 0. The second-order valence-corrected chi connectivity index (χ2v) is 10.2. The van der Waals surface area contributed by atoms with Crippen LogP contribution in [0.1, 0.15) is 98.6 Å². The van der Waals surface area contributed by atoms with Crippen LogP contribution in [0.15, 0.2) is 97.1 Å². The Labute approximate surface area is 232 Å². The molecule has 3 rings (SSSR count). The lowest BCUT2D eigenvalue weighted by molar-refractivity contribution is 0.667. The van der Waals surface area contributed by atoms with Crippen molar-refractivity contribution in [2.75, 3.05) is 0 Å². The highest BCUT2D eigenvalue weighted by molar-refractivity contribution is 5.61. The van der Waals surface area contributed by atoms with Crippen molar-refractivity contribution in [2.45, 2.75) is 78.1 Å². The first-order chi connectivity index (χ1) is 18.8. The highest BCUT2D eigenvalue weighted by Gasteiger charge is 1.95. The summed E-state index contributed by atoms with van der Waals surface area (Å²) in [6.07, 6.45) is 30.0. The lowest BCUT2D eigenvalue weighted by Gasteiger charge is -2.01. The van der Waals surface area contributed by atoms with E-state index in [1.807, 2.05) is 0 Å². The van der Waals surface area contributed by atoms with E-state index in [2.05, 4.69) is 135 Å². The summed E-state index contributed by atoms with van der Waals surface area (Å²) < 4.78 is 0. The molecule has 0 aliphatic heterocycles. The third-order valence-corrected chi connectivity index (χ3v) is 6.91. The molecule has 38 heavy (non-hydrogen) atoms. The lowest BCUT2D eigenvalue weighted by Crippen LogP contribution is -1.85. The average Bonchev–Trinajstić information content (AvgIpc) is 2.96. The largest absolute Gasteiger partial charge is 0.0654 e. The standard InChI is InChI=1S/C38H46/c1-3-5-7-9-15-33-21-25-35(26-22-33)17-11-13-19-37-29-31-38(32-30-37)20-14-12-18-36-27-23-34(24-28-36)16-10-8-6-4-2/h11-14,17-32H,3-10,15-16H2,1-2H3/b17-11+,18-12+,19-13+,20-14+. The van der Waals surface area contributed by atoms with Crippen molar-refractivity contribution in [2.24, 2.45) is 0 Å². The molecule has 0 aliphatic carbocycles. The molecule has 0 N–H and O–H groups in total. The Morgan fingerprint density at radius 2 is 0.658 bits per heavy atom. The summed E-state index contributed by atoms with van der Waals surface area (Å²) >= 11 is 0. The maximum Gasteiger partial charge on any atom is -0.0256 e. The van der Waals surface area contributed by atoms with Gasteiger partial charge in [0.25, 0.3) is 0 Å². The minimum atomic E-state index is 1.19. The van der Waals surface area contributed by atoms with Crippen LogP contribution in [0, 0.1) is 0 Å². The van der Waals surface area contributed by atoms with Crippen molar-refractivity contribution in [3.05, 3.63) is 130 Å². The van der Waals surface area contributed by atoms with E-state index in [1.54, 1.807) is 0 Å². The molecule has 0 nitrogen and oxygen atoms in total. The number of unbranched alkanes of at least 4 members (excludes halogenated alkanes) is 6. The van der Waals surface area contributed by atoms with Gasteiger partial charge >= 0.3 is 0 Å². The zero-order chi connectivity index (χ0) is 26.7. The van der Waals surface area contributed by atoms with E-state index >= 15 is 0 Å². The molecule has 0 aliphatic rings. The van der Waals surface area contributed by atoms with Gasteiger partial charge in [0.2, 0.25) is 0 Å². The number of benzene rings is 3. The Kier molecular flexibility index (Phi) is 13.8. The summed E-state index contributed by atoms with van der Waals surface area (Å²) in [5.74, 6) is 0. The molecule has 0 spiro atoms. The zero-order valence-electron chi connectivity index (χ0n) is 23.6. The van der Waals surface area contributed by atoms with Crippen LogP contribution in [0.25, 0.3) is 24.3 Å². The molecule has 0 saturated heterocycles. The Hall–Kier alpha value is -3.38. The second kappa shape index (κ2) is 18.0. The minimum Gasteiger partial charge on any atom is -0.0654 e. The van der Waals surface area contributed by atoms with Crippen LogP contribution in [-0.4, -0.2) is 0 Å². The van der Waals surface area contributed by atoms with Crippen LogP contribution < -0.4 is 0 Å². The van der Waals surface area contributed by atoms with Gasteiger partial charge in [-0.05, 0) is 59.1 Å². The monoisotopic (exact) mass is 502 g/mol. The quantitative estimate of drug-likeness (QED) is 0.135. The molecule has 198 valence electrons. The van der Waals surface area contributed by atoms with Crippen molar-refractivity contribution in [3.8, 4) is 0 Å². The fraction of sp³-hybridized carbons (Fsp3) is 0.316. The molecule has 0 saturated carbocycles. The molecular weight excluding hydrogens is 456 g/mol. The van der Waals surface area contributed by atoms with Gasteiger partial charge in [-0.15, -0.1) is 0 Å². The smallest absolute Gasteiger partial charge is 0.0256 e. The number of allylic oxidation sites excluding steroid dienone is 4. The highest BCUT2D eigenvalue weighted by Crippen LogP contribution is 2.13. The summed E-state index contributed by atoms with van der Waals surface area (Å²) in [7, 11) is 0. The summed E-state index contributed by atoms with van der Waals surface area (Å²) in [6.45, 7) is 4.52. The van der Waals surface area contributed by atoms with Crippen LogP contribution in [0.3, 0.4) is 0 Å². The predicted octanol–water partition coefficient (Wildman–Crippen LogP) is 11.4. The first-order valence-electron chi connectivity index (χ1n) is 14.7. The summed E-state index contributed by atoms with van der Waals surface area (Å²) in [5, 5.41) is 0. The molecule has 0 heterocycles. The topological polar surface area (TPSA) is 0 Å². The zero-order valence-corrected chi connectivity index (χ0v) is 23.6. The van der Waals surface area contributed by atoms with E-state index < -0.39 is 0 Å². The Balaban J connectivity index is 1.40. The average molecular weight is 503 g/mol. The van der Waals surface area contributed by atoms with Crippen LogP contribution in [0.4, 0.5) is 0 Å². The summed E-state index contributed by atoms with van der Waals surface area (Å²) in [6, 6.07) is 26.6. The van der Waals surface area contributed by atoms with Crippen LogP contribution in [0.5, 0.6) is 0 Å². The van der Waals surface area contributed by atoms with E-state index in [0.29, 0.717) is 0 Å². The van der Waals surface area contributed by atoms with Gasteiger partial charge in [0.1, 0.15) is 0 Å². The molecule has 3 aromatic carbocycles. The van der Waals surface area contributed by atoms with Crippen LogP contribution >= 0.6 is 0 Å². The Morgan fingerprint density at radius 3 is 0.947 bits per heavy atom. The maximum absolute atomic E-state index is 2.27. The maximum atomic E-state index is 2.27. The van der Waals surface area contributed by atoms with Gasteiger partial charge in [0.15, 0.2) is 0 Å². The van der Waals surface area contributed by atoms with E-state index in [0.717, 1.165) is 0 Å². The van der Waals surface area contributed by atoms with Gasteiger partial charge in [-0.2, -0.15) is 0 Å². The van der Waals surface area contributed by atoms with Crippen molar-refractivity contribution in [1.82, 2.24) is 0 Å². The fourth-order valence-corrected chi connectivity index (χ4v) is 4.49. The number of rotatable bonds is 16. The molecule has 0 atom stereocenters. The van der Waals surface area contributed by atoms with Crippen molar-refractivity contribution < 1.29 is 0 Å². The Bertz CT molecular complexity index is 1040. The molecule has 0 amide bonds. The predicted molar refractivity (Wildman–Crippen MR) is 171 cm³/mol. The van der Waals surface area contributed by atoms with Gasteiger partial charge in [-0.25, -0.2) is 0 Å². The van der Waals surface area contributed by atoms with Crippen molar-refractivity contribution in [1.29, 1.82) is 0 Å².